The lowest BCUT2D eigenvalue weighted by atomic mass is 10.0. The number of hydrogen-bond donors (Lipinski definition) is 1. The van der Waals surface area contributed by atoms with Gasteiger partial charge in [-0.2, -0.15) is 0 Å². The highest BCUT2D eigenvalue weighted by Gasteiger charge is 2.23. The van der Waals surface area contributed by atoms with Gasteiger partial charge in [-0.3, -0.25) is 0 Å². The summed E-state index contributed by atoms with van der Waals surface area (Å²) < 4.78 is 15.9. The van der Waals surface area contributed by atoms with Gasteiger partial charge >= 0.3 is 0 Å². The molecule has 0 radical (unpaired) electrons. The maximum absolute atomic E-state index is 5.97. The minimum absolute atomic E-state index is 0.255. The van der Waals surface area contributed by atoms with Crippen molar-refractivity contribution in [1.82, 2.24) is 5.16 Å². The Kier molecular flexibility index (Phi) is 3.53. The molecule has 0 bridgehead atoms. The highest BCUT2D eigenvalue weighted by molar-refractivity contribution is 7.14. The van der Waals surface area contributed by atoms with Crippen molar-refractivity contribution in [3.63, 3.8) is 0 Å². The molecule has 3 aromatic rings. The van der Waals surface area contributed by atoms with Gasteiger partial charge in [-0.05, 0) is 17.5 Å². The SMILES string of the molecule is COc1ccccc1-c1c(-c2sccc2OC)noc1N. The Balaban J connectivity index is 2.23. The third-order valence-corrected chi connectivity index (χ3v) is 4.06. The summed E-state index contributed by atoms with van der Waals surface area (Å²) in [7, 11) is 3.24. The van der Waals surface area contributed by atoms with Crippen molar-refractivity contribution < 1.29 is 14.0 Å². The fraction of sp³-hybridized carbons (Fsp3) is 0.133. The first kappa shape index (κ1) is 13.5. The number of nitrogens with two attached hydrogens (primary N) is 1. The molecule has 0 spiro atoms. The first-order valence-electron chi connectivity index (χ1n) is 6.26. The number of para-hydroxylation sites is 1. The van der Waals surface area contributed by atoms with E-state index >= 15 is 0 Å². The molecule has 5 nitrogen and oxygen atoms in total. The first-order chi connectivity index (χ1) is 10.3. The lowest BCUT2D eigenvalue weighted by molar-refractivity contribution is 0.416. The minimum atomic E-state index is 0.255. The molecule has 0 fully saturated rings. The van der Waals surface area contributed by atoms with Crippen LogP contribution < -0.4 is 15.2 Å². The standard InChI is InChI=1S/C15H14N2O3S/c1-18-10-6-4-3-5-9(10)12-13(17-20-15(12)16)14-11(19-2)7-8-21-14/h3-8H,16H2,1-2H3. The van der Waals surface area contributed by atoms with Crippen LogP contribution in [0.1, 0.15) is 0 Å². The predicted octanol–water partition coefficient (Wildman–Crippen LogP) is 3.67. The van der Waals surface area contributed by atoms with Crippen LogP contribution >= 0.6 is 11.3 Å². The highest BCUT2D eigenvalue weighted by Crippen LogP contribution is 2.45. The average Bonchev–Trinajstić information content (AvgIpc) is 3.12. The smallest absolute Gasteiger partial charge is 0.230 e. The van der Waals surface area contributed by atoms with Crippen LogP contribution in [0.5, 0.6) is 11.5 Å². The van der Waals surface area contributed by atoms with E-state index in [0.29, 0.717) is 17.0 Å². The maximum atomic E-state index is 5.97. The van der Waals surface area contributed by atoms with Gasteiger partial charge in [-0.1, -0.05) is 23.4 Å². The number of anilines is 1. The number of aromatic nitrogens is 1. The zero-order chi connectivity index (χ0) is 14.8. The van der Waals surface area contributed by atoms with Crippen LogP contribution in [0.4, 0.5) is 5.88 Å². The fourth-order valence-corrected chi connectivity index (χ4v) is 3.05. The van der Waals surface area contributed by atoms with Crippen LogP contribution in [0.2, 0.25) is 0 Å². The van der Waals surface area contributed by atoms with Crippen molar-refractivity contribution in [3.8, 4) is 33.2 Å². The van der Waals surface area contributed by atoms with E-state index in [1.165, 1.54) is 11.3 Å². The maximum Gasteiger partial charge on any atom is 0.230 e. The molecule has 21 heavy (non-hydrogen) atoms. The Hall–Kier alpha value is -2.47. The van der Waals surface area contributed by atoms with E-state index in [4.69, 9.17) is 19.7 Å². The molecule has 0 aliphatic rings. The quantitative estimate of drug-likeness (QED) is 0.796. The first-order valence-corrected chi connectivity index (χ1v) is 7.14. The monoisotopic (exact) mass is 302 g/mol. The fourth-order valence-electron chi connectivity index (χ4n) is 2.20. The van der Waals surface area contributed by atoms with Crippen molar-refractivity contribution in [2.24, 2.45) is 0 Å². The van der Waals surface area contributed by atoms with E-state index < -0.39 is 0 Å². The summed E-state index contributed by atoms with van der Waals surface area (Å²) in [5, 5.41) is 6.03. The Morgan fingerprint density at radius 1 is 1.10 bits per heavy atom. The second-order valence-electron chi connectivity index (χ2n) is 4.29. The molecule has 0 unspecified atom stereocenters. The molecule has 2 N–H and O–H groups in total. The van der Waals surface area contributed by atoms with Gasteiger partial charge in [-0.15, -0.1) is 11.3 Å². The van der Waals surface area contributed by atoms with Crippen LogP contribution in [0, 0.1) is 0 Å². The highest BCUT2D eigenvalue weighted by atomic mass is 32.1. The van der Waals surface area contributed by atoms with E-state index in [1.807, 2.05) is 35.7 Å². The molecule has 2 aromatic heterocycles. The number of benzene rings is 1. The summed E-state index contributed by atoms with van der Waals surface area (Å²) in [5.74, 6) is 1.71. The van der Waals surface area contributed by atoms with Gasteiger partial charge in [-0.25, -0.2) is 0 Å². The summed E-state index contributed by atoms with van der Waals surface area (Å²) in [5.41, 5.74) is 8.18. The van der Waals surface area contributed by atoms with E-state index in [9.17, 15) is 0 Å². The molecule has 0 aliphatic heterocycles. The molecule has 0 saturated carbocycles. The molecule has 0 saturated heterocycles. The molecule has 2 heterocycles. The molecular weight excluding hydrogens is 288 g/mol. The molecule has 1 aromatic carbocycles. The van der Waals surface area contributed by atoms with Crippen molar-refractivity contribution in [3.05, 3.63) is 35.7 Å². The molecule has 3 rings (SSSR count). The number of nitrogens with zero attached hydrogens (tertiary/aromatic N) is 1. The Labute approximate surface area is 125 Å². The van der Waals surface area contributed by atoms with Gasteiger partial charge in [0.15, 0.2) is 0 Å². The third-order valence-electron chi connectivity index (χ3n) is 3.16. The van der Waals surface area contributed by atoms with Gasteiger partial charge in [0.25, 0.3) is 0 Å². The molecule has 0 atom stereocenters. The third kappa shape index (κ3) is 2.23. The average molecular weight is 302 g/mol. The van der Waals surface area contributed by atoms with Crippen molar-refractivity contribution >= 4 is 17.2 Å². The molecule has 0 aliphatic carbocycles. The molecule has 0 amide bonds. The summed E-state index contributed by atoms with van der Waals surface area (Å²) in [6.45, 7) is 0. The Morgan fingerprint density at radius 2 is 1.86 bits per heavy atom. The van der Waals surface area contributed by atoms with Crippen LogP contribution in [0.15, 0.2) is 40.2 Å². The molecule has 6 heteroatoms. The molecule has 108 valence electrons. The largest absolute Gasteiger partial charge is 0.496 e. The number of rotatable bonds is 4. The van der Waals surface area contributed by atoms with Crippen LogP contribution in [-0.4, -0.2) is 19.4 Å². The van der Waals surface area contributed by atoms with Gasteiger partial charge < -0.3 is 19.7 Å². The lowest BCUT2D eigenvalue weighted by Crippen LogP contribution is -1.92. The number of hydrogen-bond acceptors (Lipinski definition) is 6. The normalized spacial score (nSPS) is 10.6. The molecular formula is C15H14N2O3S. The lowest BCUT2D eigenvalue weighted by Gasteiger charge is -2.08. The summed E-state index contributed by atoms with van der Waals surface area (Å²) in [6.07, 6.45) is 0. The second kappa shape index (κ2) is 5.49. The zero-order valence-corrected chi connectivity index (χ0v) is 12.4. The Bertz CT molecular complexity index is 764. The van der Waals surface area contributed by atoms with Crippen LogP contribution in [-0.2, 0) is 0 Å². The number of thiophene rings is 1. The zero-order valence-electron chi connectivity index (χ0n) is 11.6. The summed E-state index contributed by atoms with van der Waals surface area (Å²) in [6, 6.07) is 9.50. The number of methoxy groups -OCH3 is 2. The van der Waals surface area contributed by atoms with Gasteiger partial charge in [0, 0.05) is 5.56 Å². The van der Waals surface area contributed by atoms with Gasteiger partial charge in [0.1, 0.15) is 17.2 Å². The van der Waals surface area contributed by atoms with E-state index in [-0.39, 0.29) is 5.88 Å². The van der Waals surface area contributed by atoms with E-state index in [0.717, 1.165) is 16.2 Å². The number of ether oxygens (including phenoxy) is 2. The van der Waals surface area contributed by atoms with E-state index in [2.05, 4.69) is 5.16 Å². The number of nitrogen functional groups attached to an aromatic ring is 1. The van der Waals surface area contributed by atoms with E-state index in [1.54, 1.807) is 14.2 Å². The second-order valence-corrected chi connectivity index (χ2v) is 5.20. The van der Waals surface area contributed by atoms with Gasteiger partial charge in [0.2, 0.25) is 5.88 Å². The Morgan fingerprint density at radius 3 is 2.62 bits per heavy atom. The summed E-state index contributed by atoms with van der Waals surface area (Å²) in [4.78, 5) is 0.874. The topological polar surface area (TPSA) is 70.5 Å². The minimum Gasteiger partial charge on any atom is -0.496 e. The van der Waals surface area contributed by atoms with Crippen molar-refractivity contribution in [2.45, 2.75) is 0 Å². The van der Waals surface area contributed by atoms with Crippen molar-refractivity contribution in [1.29, 1.82) is 0 Å². The van der Waals surface area contributed by atoms with Gasteiger partial charge in [0.05, 0.1) is 24.7 Å². The predicted molar refractivity (Wildman–Crippen MR) is 82.8 cm³/mol. The summed E-state index contributed by atoms with van der Waals surface area (Å²) >= 11 is 1.52. The van der Waals surface area contributed by atoms with Crippen molar-refractivity contribution in [2.75, 3.05) is 20.0 Å². The van der Waals surface area contributed by atoms with Crippen LogP contribution in [0.3, 0.4) is 0 Å². The van der Waals surface area contributed by atoms with Crippen LogP contribution in [0.25, 0.3) is 21.7 Å².